The lowest BCUT2D eigenvalue weighted by Crippen LogP contribution is -1.89. The second-order valence-corrected chi connectivity index (χ2v) is 3.97. The van der Waals surface area contributed by atoms with Crippen LogP contribution in [0.15, 0.2) is 42.5 Å². The van der Waals surface area contributed by atoms with Gasteiger partial charge in [0.2, 0.25) is 0 Å². The van der Waals surface area contributed by atoms with E-state index >= 15 is 0 Å². The normalized spacial score (nSPS) is 10.3. The SMILES string of the molecule is Oc1c(Cl)ccc(Cc2ccccc2)c1O. The molecule has 0 amide bonds. The summed E-state index contributed by atoms with van der Waals surface area (Å²) in [6, 6.07) is 13.0. The van der Waals surface area contributed by atoms with Crippen molar-refractivity contribution in [3.63, 3.8) is 0 Å². The maximum atomic E-state index is 9.71. The molecule has 0 saturated carbocycles. The number of hydrogen-bond acceptors (Lipinski definition) is 2. The van der Waals surface area contributed by atoms with Crippen LogP contribution in [0.25, 0.3) is 0 Å². The van der Waals surface area contributed by atoms with Gasteiger partial charge in [-0.2, -0.15) is 0 Å². The summed E-state index contributed by atoms with van der Waals surface area (Å²) < 4.78 is 0. The lowest BCUT2D eigenvalue weighted by atomic mass is 10.0. The van der Waals surface area contributed by atoms with E-state index in [0.29, 0.717) is 12.0 Å². The number of rotatable bonds is 2. The van der Waals surface area contributed by atoms with Crippen molar-refractivity contribution in [2.75, 3.05) is 0 Å². The smallest absolute Gasteiger partial charge is 0.176 e. The predicted molar refractivity (Wildman–Crippen MR) is 64.0 cm³/mol. The lowest BCUT2D eigenvalue weighted by molar-refractivity contribution is 0.400. The van der Waals surface area contributed by atoms with Crippen LogP contribution in [-0.2, 0) is 6.42 Å². The van der Waals surface area contributed by atoms with Gasteiger partial charge < -0.3 is 10.2 Å². The third-order valence-electron chi connectivity index (χ3n) is 2.42. The second kappa shape index (κ2) is 4.45. The molecule has 2 nitrogen and oxygen atoms in total. The average Bonchev–Trinajstić information content (AvgIpc) is 2.31. The Bertz CT molecular complexity index is 495. The first-order chi connectivity index (χ1) is 7.68. The zero-order valence-electron chi connectivity index (χ0n) is 8.52. The fourth-order valence-electron chi connectivity index (χ4n) is 1.56. The zero-order chi connectivity index (χ0) is 11.5. The topological polar surface area (TPSA) is 40.5 Å². The van der Waals surface area contributed by atoms with E-state index in [1.54, 1.807) is 12.1 Å². The molecule has 82 valence electrons. The molecule has 0 bridgehead atoms. The molecular weight excluding hydrogens is 224 g/mol. The van der Waals surface area contributed by atoms with Crippen LogP contribution in [0.1, 0.15) is 11.1 Å². The molecule has 0 radical (unpaired) electrons. The van der Waals surface area contributed by atoms with Crippen molar-refractivity contribution in [1.29, 1.82) is 0 Å². The quantitative estimate of drug-likeness (QED) is 0.783. The van der Waals surface area contributed by atoms with Gasteiger partial charge in [-0.15, -0.1) is 0 Å². The van der Waals surface area contributed by atoms with Crippen molar-refractivity contribution in [1.82, 2.24) is 0 Å². The molecule has 0 unspecified atom stereocenters. The molecule has 0 aliphatic heterocycles. The number of halogens is 1. The van der Waals surface area contributed by atoms with Gasteiger partial charge >= 0.3 is 0 Å². The molecule has 0 aliphatic rings. The van der Waals surface area contributed by atoms with Gasteiger partial charge in [0, 0.05) is 12.0 Å². The Morgan fingerprint density at radius 3 is 2.25 bits per heavy atom. The van der Waals surface area contributed by atoms with E-state index in [1.807, 2.05) is 30.3 Å². The first-order valence-electron chi connectivity index (χ1n) is 4.91. The highest BCUT2D eigenvalue weighted by Gasteiger charge is 2.10. The van der Waals surface area contributed by atoms with Gasteiger partial charge in [0.15, 0.2) is 11.5 Å². The minimum Gasteiger partial charge on any atom is -0.504 e. The van der Waals surface area contributed by atoms with Crippen LogP contribution in [0, 0.1) is 0 Å². The third-order valence-corrected chi connectivity index (χ3v) is 2.73. The fourth-order valence-corrected chi connectivity index (χ4v) is 1.71. The third kappa shape index (κ3) is 2.12. The molecule has 0 atom stereocenters. The van der Waals surface area contributed by atoms with E-state index in [4.69, 9.17) is 11.6 Å². The molecule has 0 aliphatic carbocycles. The van der Waals surface area contributed by atoms with Crippen LogP contribution < -0.4 is 0 Å². The molecule has 2 aromatic carbocycles. The second-order valence-electron chi connectivity index (χ2n) is 3.57. The molecular formula is C13H11ClO2. The Morgan fingerprint density at radius 2 is 1.56 bits per heavy atom. The van der Waals surface area contributed by atoms with Crippen LogP contribution in [0.4, 0.5) is 0 Å². The van der Waals surface area contributed by atoms with Crippen molar-refractivity contribution in [3.8, 4) is 11.5 Å². The first-order valence-corrected chi connectivity index (χ1v) is 5.29. The fraction of sp³-hybridized carbons (Fsp3) is 0.0769. The molecule has 2 aromatic rings. The molecule has 3 heteroatoms. The molecule has 2 rings (SSSR count). The number of benzene rings is 2. The summed E-state index contributed by atoms with van der Waals surface area (Å²) in [5.41, 5.74) is 1.73. The molecule has 0 heterocycles. The molecule has 0 fully saturated rings. The van der Waals surface area contributed by atoms with Crippen molar-refractivity contribution in [2.45, 2.75) is 6.42 Å². The van der Waals surface area contributed by atoms with Crippen molar-refractivity contribution in [3.05, 3.63) is 58.6 Å². The monoisotopic (exact) mass is 234 g/mol. The zero-order valence-corrected chi connectivity index (χ0v) is 9.28. The number of aromatic hydroxyl groups is 2. The van der Waals surface area contributed by atoms with Gasteiger partial charge in [-0.25, -0.2) is 0 Å². The molecule has 0 spiro atoms. The van der Waals surface area contributed by atoms with Crippen molar-refractivity contribution in [2.24, 2.45) is 0 Å². The highest BCUT2D eigenvalue weighted by atomic mass is 35.5. The van der Waals surface area contributed by atoms with Crippen molar-refractivity contribution < 1.29 is 10.2 Å². The van der Waals surface area contributed by atoms with E-state index in [-0.39, 0.29) is 16.5 Å². The van der Waals surface area contributed by atoms with Crippen LogP contribution in [0.3, 0.4) is 0 Å². The Hall–Kier alpha value is -1.67. The Balaban J connectivity index is 2.33. The van der Waals surface area contributed by atoms with Crippen LogP contribution in [0.5, 0.6) is 11.5 Å². The Kier molecular flexibility index (Phi) is 3.02. The van der Waals surface area contributed by atoms with Crippen LogP contribution >= 0.6 is 11.6 Å². The summed E-state index contributed by atoms with van der Waals surface area (Å²) in [4.78, 5) is 0. The largest absolute Gasteiger partial charge is 0.504 e. The van der Waals surface area contributed by atoms with Gasteiger partial charge in [-0.05, 0) is 11.6 Å². The summed E-state index contributed by atoms with van der Waals surface area (Å²) in [6.45, 7) is 0. The van der Waals surface area contributed by atoms with E-state index in [0.717, 1.165) is 5.56 Å². The van der Waals surface area contributed by atoms with Gasteiger partial charge in [0.1, 0.15) is 0 Å². The van der Waals surface area contributed by atoms with Gasteiger partial charge in [-0.1, -0.05) is 48.0 Å². The highest BCUT2D eigenvalue weighted by molar-refractivity contribution is 6.32. The van der Waals surface area contributed by atoms with E-state index in [9.17, 15) is 10.2 Å². The number of hydrogen-bond donors (Lipinski definition) is 2. The summed E-state index contributed by atoms with van der Waals surface area (Å²) >= 11 is 5.68. The van der Waals surface area contributed by atoms with Gasteiger partial charge in [0.25, 0.3) is 0 Å². The van der Waals surface area contributed by atoms with Crippen LogP contribution in [0.2, 0.25) is 5.02 Å². The summed E-state index contributed by atoms with van der Waals surface area (Å²) in [6.07, 6.45) is 0.567. The summed E-state index contributed by atoms with van der Waals surface area (Å²) in [5.74, 6) is -0.397. The minimum absolute atomic E-state index is 0.142. The maximum Gasteiger partial charge on any atom is 0.176 e. The summed E-state index contributed by atoms with van der Waals surface area (Å²) in [7, 11) is 0. The van der Waals surface area contributed by atoms with Crippen molar-refractivity contribution >= 4 is 11.6 Å². The summed E-state index contributed by atoms with van der Waals surface area (Å²) in [5, 5.41) is 19.3. The van der Waals surface area contributed by atoms with Gasteiger partial charge in [0.05, 0.1) is 5.02 Å². The van der Waals surface area contributed by atoms with E-state index < -0.39 is 0 Å². The Labute approximate surface area is 98.7 Å². The molecule has 2 N–H and O–H groups in total. The van der Waals surface area contributed by atoms with E-state index in [1.165, 1.54) is 0 Å². The standard InChI is InChI=1S/C13H11ClO2/c14-11-7-6-10(12(15)13(11)16)8-9-4-2-1-3-5-9/h1-7,15-16H,8H2. The lowest BCUT2D eigenvalue weighted by Gasteiger charge is -2.07. The average molecular weight is 235 g/mol. The molecule has 16 heavy (non-hydrogen) atoms. The number of phenolic OH excluding ortho intramolecular Hbond substituents is 2. The molecule has 0 aromatic heterocycles. The van der Waals surface area contributed by atoms with E-state index in [2.05, 4.69) is 0 Å². The predicted octanol–water partition coefficient (Wildman–Crippen LogP) is 3.34. The first kappa shape index (κ1) is 10.8. The number of phenols is 2. The Morgan fingerprint density at radius 1 is 0.875 bits per heavy atom. The molecule has 0 saturated heterocycles. The minimum atomic E-state index is -0.255. The van der Waals surface area contributed by atoms with Gasteiger partial charge in [-0.3, -0.25) is 0 Å². The van der Waals surface area contributed by atoms with Crippen LogP contribution in [-0.4, -0.2) is 10.2 Å². The highest BCUT2D eigenvalue weighted by Crippen LogP contribution is 2.36. The maximum absolute atomic E-state index is 9.71.